The van der Waals surface area contributed by atoms with Crippen LogP contribution in [-0.4, -0.2) is 22.2 Å². The van der Waals surface area contributed by atoms with E-state index in [9.17, 15) is 9.18 Å². The number of nitrogens with one attached hydrogen (secondary N) is 1. The minimum atomic E-state index is -0.241. The summed E-state index contributed by atoms with van der Waals surface area (Å²) in [5, 5.41) is 7.36. The molecule has 1 N–H and O–H groups in total. The molecule has 2 aromatic rings. The van der Waals surface area contributed by atoms with Crippen LogP contribution < -0.4 is 5.32 Å². The molecule has 0 aliphatic heterocycles. The van der Waals surface area contributed by atoms with Gasteiger partial charge in [0.1, 0.15) is 5.82 Å². The van der Waals surface area contributed by atoms with Gasteiger partial charge in [0.05, 0.1) is 6.20 Å². The van der Waals surface area contributed by atoms with E-state index in [4.69, 9.17) is 0 Å². The molecule has 3 rings (SSSR count). The number of amides is 1. The van der Waals surface area contributed by atoms with Gasteiger partial charge in [-0.05, 0) is 42.9 Å². The highest BCUT2D eigenvalue weighted by molar-refractivity contribution is 5.75. The van der Waals surface area contributed by atoms with Crippen LogP contribution in [0.5, 0.6) is 0 Å². The molecule has 1 heterocycles. The molecular weight excluding hydrogens is 305 g/mol. The number of nitrogens with zero attached hydrogens (tertiary/aromatic N) is 2. The normalized spacial score (nSPS) is 14.9. The standard InChI is InChI=1S/C19H24FN3O/c20-18-9-7-16(8-10-18)17-13-22-23(14-17)11-3-6-19(24)21-12-15-4-1-2-5-15/h7-10,13-15H,1-6,11-12H2,(H,21,24). The first-order chi connectivity index (χ1) is 11.7. The zero-order valence-corrected chi connectivity index (χ0v) is 13.9. The highest BCUT2D eigenvalue weighted by Crippen LogP contribution is 2.23. The molecule has 5 heteroatoms. The van der Waals surface area contributed by atoms with Gasteiger partial charge in [-0.15, -0.1) is 0 Å². The lowest BCUT2D eigenvalue weighted by Crippen LogP contribution is -2.28. The summed E-state index contributed by atoms with van der Waals surface area (Å²) in [6.45, 7) is 1.54. The maximum absolute atomic E-state index is 13.0. The summed E-state index contributed by atoms with van der Waals surface area (Å²) >= 11 is 0. The Labute approximate surface area is 142 Å². The molecule has 24 heavy (non-hydrogen) atoms. The van der Waals surface area contributed by atoms with E-state index in [1.54, 1.807) is 18.3 Å². The third kappa shape index (κ3) is 4.66. The number of benzene rings is 1. The number of aryl methyl sites for hydroxylation is 1. The maximum atomic E-state index is 13.0. The first kappa shape index (κ1) is 16.7. The third-order valence-electron chi connectivity index (χ3n) is 4.66. The van der Waals surface area contributed by atoms with Gasteiger partial charge in [-0.25, -0.2) is 4.39 Å². The van der Waals surface area contributed by atoms with Crippen molar-refractivity contribution < 1.29 is 9.18 Å². The fraction of sp³-hybridized carbons (Fsp3) is 0.474. The average Bonchev–Trinajstić information content (AvgIpc) is 3.25. The number of carbonyl (C=O) groups excluding carboxylic acids is 1. The van der Waals surface area contributed by atoms with E-state index in [0.29, 0.717) is 18.9 Å². The number of carbonyl (C=O) groups is 1. The average molecular weight is 329 g/mol. The topological polar surface area (TPSA) is 46.9 Å². The molecule has 1 aromatic heterocycles. The van der Waals surface area contributed by atoms with E-state index >= 15 is 0 Å². The van der Waals surface area contributed by atoms with E-state index in [-0.39, 0.29) is 11.7 Å². The van der Waals surface area contributed by atoms with E-state index in [1.165, 1.54) is 37.8 Å². The van der Waals surface area contributed by atoms with Crippen LogP contribution in [-0.2, 0) is 11.3 Å². The fourth-order valence-electron chi connectivity index (χ4n) is 3.24. The molecule has 0 unspecified atom stereocenters. The van der Waals surface area contributed by atoms with Crippen molar-refractivity contribution in [2.75, 3.05) is 6.54 Å². The highest BCUT2D eigenvalue weighted by Gasteiger charge is 2.15. The molecule has 0 spiro atoms. The summed E-state index contributed by atoms with van der Waals surface area (Å²) in [4.78, 5) is 11.9. The van der Waals surface area contributed by atoms with Crippen molar-refractivity contribution >= 4 is 5.91 Å². The van der Waals surface area contributed by atoms with Crippen molar-refractivity contribution in [3.8, 4) is 11.1 Å². The van der Waals surface area contributed by atoms with Crippen LogP contribution in [0.25, 0.3) is 11.1 Å². The zero-order chi connectivity index (χ0) is 16.8. The number of hydrogen-bond acceptors (Lipinski definition) is 2. The van der Waals surface area contributed by atoms with Gasteiger partial charge in [-0.1, -0.05) is 25.0 Å². The molecule has 0 radical (unpaired) electrons. The summed E-state index contributed by atoms with van der Waals surface area (Å²) in [7, 11) is 0. The van der Waals surface area contributed by atoms with Crippen LogP contribution in [0, 0.1) is 11.7 Å². The second-order valence-corrected chi connectivity index (χ2v) is 6.56. The minimum Gasteiger partial charge on any atom is -0.356 e. The van der Waals surface area contributed by atoms with Crippen molar-refractivity contribution in [1.29, 1.82) is 0 Å². The van der Waals surface area contributed by atoms with Crippen LogP contribution in [0.15, 0.2) is 36.7 Å². The maximum Gasteiger partial charge on any atom is 0.220 e. The van der Waals surface area contributed by atoms with Gasteiger partial charge < -0.3 is 5.32 Å². The van der Waals surface area contributed by atoms with Gasteiger partial charge in [-0.2, -0.15) is 5.10 Å². The molecule has 0 atom stereocenters. The van der Waals surface area contributed by atoms with Crippen molar-refractivity contribution in [3.05, 3.63) is 42.5 Å². The molecule has 1 fully saturated rings. The highest BCUT2D eigenvalue weighted by atomic mass is 19.1. The van der Waals surface area contributed by atoms with Crippen LogP contribution in [0.4, 0.5) is 4.39 Å². The lowest BCUT2D eigenvalue weighted by molar-refractivity contribution is -0.121. The Balaban J connectivity index is 1.40. The van der Waals surface area contributed by atoms with Crippen LogP contribution in [0.1, 0.15) is 38.5 Å². The molecule has 1 aliphatic carbocycles. The number of aromatic nitrogens is 2. The van der Waals surface area contributed by atoms with Crippen molar-refractivity contribution in [1.82, 2.24) is 15.1 Å². The van der Waals surface area contributed by atoms with Crippen LogP contribution in [0.2, 0.25) is 0 Å². The summed E-state index contributed by atoms with van der Waals surface area (Å²) in [6, 6.07) is 6.38. The van der Waals surface area contributed by atoms with Gasteiger partial charge in [0.2, 0.25) is 5.91 Å². The Morgan fingerprint density at radius 1 is 1.21 bits per heavy atom. The van der Waals surface area contributed by atoms with E-state index in [0.717, 1.165) is 24.1 Å². The predicted molar refractivity (Wildman–Crippen MR) is 91.8 cm³/mol. The number of rotatable bonds is 7. The zero-order valence-electron chi connectivity index (χ0n) is 13.9. The van der Waals surface area contributed by atoms with E-state index < -0.39 is 0 Å². The largest absolute Gasteiger partial charge is 0.356 e. The van der Waals surface area contributed by atoms with Gasteiger partial charge in [0, 0.05) is 31.3 Å². The van der Waals surface area contributed by atoms with E-state index in [2.05, 4.69) is 10.4 Å². The Morgan fingerprint density at radius 2 is 1.96 bits per heavy atom. The van der Waals surface area contributed by atoms with Crippen molar-refractivity contribution in [2.24, 2.45) is 5.92 Å². The molecule has 1 aromatic carbocycles. The lowest BCUT2D eigenvalue weighted by atomic mass is 10.1. The molecule has 4 nitrogen and oxygen atoms in total. The van der Waals surface area contributed by atoms with Gasteiger partial charge in [0.25, 0.3) is 0 Å². The second kappa shape index (κ2) is 8.08. The molecular formula is C19H24FN3O. The first-order valence-corrected chi connectivity index (χ1v) is 8.76. The molecule has 0 bridgehead atoms. The summed E-state index contributed by atoms with van der Waals surface area (Å²) in [6.07, 6.45) is 10.1. The minimum absolute atomic E-state index is 0.132. The predicted octanol–water partition coefficient (Wildman–Crippen LogP) is 3.78. The third-order valence-corrected chi connectivity index (χ3v) is 4.66. The van der Waals surface area contributed by atoms with E-state index in [1.807, 2.05) is 10.9 Å². The monoisotopic (exact) mass is 329 g/mol. The number of halogens is 1. The van der Waals surface area contributed by atoms with Crippen LogP contribution in [0.3, 0.4) is 0 Å². The van der Waals surface area contributed by atoms with Gasteiger partial charge in [-0.3, -0.25) is 9.48 Å². The van der Waals surface area contributed by atoms with Crippen LogP contribution >= 0.6 is 0 Å². The smallest absolute Gasteiger partial charge is 0.220 e. The number of hydrogen-bond donors (Lipinski definition) is 1. The SMILES string of the molecule is O=C(CCCn1cc(-c2ccc(F)cc2)cn1)NCC1CCCC1. The van der Waals surface area contributed by atoms with Gasteiger partial charge >= 0.3 is 0 Å². The first-order valence-electron chi connectivity index (χ1n) is 8.76. The quantitative estimate of drug-likeness (QED) is 0.840. The molecule has 1 saturated carbocycles. The summed E-state index contributed by atoms with van der Waals surface area (Å²) < 4.78 is 14.8. The molecule has 128 valence electrons. The molecule has 1 amide bonds. The Kier molecular flexibility index (Phi) is 5.62. The Bertz CT molecular complexity index is 660. The fourth-order valence-corrected chi connectivity index (χ4v) is 3.24. The Hall–Kier alpha value is -2.17. The molecule has 0 saturated heterocycles. The van der Waals surface area contributed by atoms with Crippen molar-refractivity contribution in [3.63, 3.8) is 0 Å². The summed E-state index contributed by atoms with van der Waals surface area (Å²) in [5.74, 6) is 0.570. The van der Waals surface area contributed by atoms with Crippen molar-refractivity contribution in [2.45, 2.75) is 45.1 Å². The summed E-state index contributed by atoms with van der Waals surface area (Å²) in [5.41, 5.74) is 1.90. The Morgan fingerprint density at radius 3 is 2.71 bits per heavy atom. The second-order valence-electron chi connectivity index (χ2n) is 6.56. The lowest BCUT2D eigenvalue weighted by Gasteiger charge is -2.10. The molecule has 1 aliphatic rings. The van der Waals surface area contributed by atoms with Gasteiger partial charge in [0.15, 0.2) is 0 Å².